The molecule has 0 heterocycles. The number of alkyl halides is 2. The van der Waals surface area contributed by atoms with E-state index in [4.69, 9.17) is 0 Å². The highest BCUT2D eigenvalue weighted by Crippen LogP contribution is 2.72. The molecule has 0 saturated heterocycles. The van der Waals surface area contributed by atoms with Crippen molar-refractivity contribution < 1.29 is 8.78 Å². The smallest absolute Gasteiger partial charge is 0.254 e. The van der Waals surface area contributed by atoms with E-state index >= 15 is 0 Å². The van der Waals surface area contributed by atoms with Gasteiger partial charge in [0.25, 0.3) is 5.92 Å². The van der Waals surface area contributed by atoms with E-state index in [1.165, 1.54) is 0 Å². The first-order valence-corrected chi connectivity index (χ1v) is 4.12. The fraction of sp³-hybridized carbons (Fsp3) is 1.00. The highest BCUT2D eigenvalue weighted by Gasteiger charge is 2.75. The van der Waals surface area contributed by atoms with Crippen LogP contribution in [-0.2, 0) is 0 Å². The second-order valence-corrected chi connectivity index (χ2v) is 3.99. The van der Waals surface area contributed by atoms with Gasteiger partial charge in [-0.2, -0.15) is 0 Å². The van der Waals surface area contributed by atoms with Crippen molar-refractivity contribution in [1.29, 1.82) is 0 Å². The Morgan fingerprint density at radius 3 is 2.36 bits per heavy atom. The normalized spacial score (nSPS) is 45.5. The molecule has 2 saturated carbocycles. The first kappa shape index (κ1) is 7.47. The first-order valence-electron chi connectivity index (χ1n) is 4.12. The van der Waals surface area contributed by atoms with Gasteiger partial charge in [-0.3, -0.25) is 0 Å². The molecular weight excluding hydrogens is 148 g/mol. The van der Waals surface area contributed by atoms with Gasteiger partial charge in [0.1, 0.15) is 0 Å². The van der Waals surface area contributed by atoms with E-state index in [2.05, 4.69) is 5.32 Å². The van der Waals surface area contributed by atoms with Gasteiger partial charge in [0.05, 0.1) is 0 Å². The average molecular weight is 161 g/mol. The summed E-state index contributed by atoms with van der Waals surface area (Å²) in [6, 6.07) is 0. The third kappa shape index (κ3) is 0.901. The second-order valence-electron chi connectivity index (χ2n) is 3.99. The lowest BCUT2D eigenvalue weighted by atomic mass is 9.71. The summed E-state index contributed by atoms with van der Waals surface area (Å²) >= 11 is 0. The molecule has 2 rings (SSSR count). The number of nitrogens with one attached hydrogen (secondary N) is 1. The van der Waals surface area contributed by atoms with Crippen molar-refractivity contribution >= 4 is 0 Å². The lowest BCUT2D eigenvalue weighted by Gasteiger charge is -2.35. The lowest BCUT2D eigenvalue weighted by molar-refractivity contribution is 0.00262. The van der Waals surface area contributed by atoms with Crippen LogP contribution in [0.4, 0.5) is 8.78 Å². The largest absolute Gasteiger partial charge is 0.319 e. The second kappa shape index (κ2) is 1.94. The molecule has 0 aromatic heterocycles. The van der Waals surface area contributed by atoms with Crippen molar-refractivity contribution in [3.05, 3.63) is 0 Å². The number of halogens is 2. The topological polar surface area (TPSA) is 12.0 Å². The molecule has 2 fully saturated rings. The summed E-state index contributed by atoms with van der Waals surface area (Å²) in [5, 5.41) is 3.02. The molecule has 0 amide bonds. The van der Waals surface area contributed by atoms with Crippen molar-refractivity contribution in [2.75, 3.05) is 13.6 Å². The van der Waals surface area contributed by atoms with Crippen LogP contribution < -0.4 is 5.32 Å². The lowest BCUT2D eigenvalue weighted by Crippen LogP contribution is -2.36. The molecular formula is C8H13F2N. The van der Waals surface area contributed by atoms with Crippen LogP contribution in [0.15, 0.2) is 0 Å². The predicted molar refractivity (Wildman–Crippen MR) is 38.6 cm³/mol. The van der Waals surface area contributed by atoms with E-state index in [1.54, 1.807) is 0 Å². The third-order valence-corrected chi connectivity index (χ3v) is 3.06. The summed E-state index contributed by atoms with van der Waals surface area (Å²) < 4.78 is 25.3. The molecule has 0 radical (unpaired) electrons. The van der Waals surface area contributed by atoms with Crippen molar-refractivity contribution in [2.24, 2.45) is 11.3 Å². The van der Waals surface area contributed by atoms with Crippen molar-refractivity contribution in [3.8, 4) is 0 Å². The molecule has 0 aliphatic heterocycles. The Bertz CT molecular complexity index is 173. The van der Waals surface area contributed by atoms with Crippen LogP contribution in [0.25, 0.3) is 0 Å². The maximum absolute atomic E-state index is 12.6. The summed E-state index contributed by atoms with van der Waals surface area (Å²) in [6.45, 7) is 0.901. The monoisotopic (exact) mass is 161 g/mol. The molecule has 0 unspecified atom stereocenters. The number of rotatable bonds is 2. The van der Waals surface area contributed by atoms with Crippen molar-refractivity contribution in [1.82, 2.24) is 5.32 Å². The Hall–Kier alpha value is -0.180. The highest BCUT2D eigenvalue weighted by molar-refractivity contribution is 5.16. The van der Waals surface area contributed by atoms with E-state index in [1.807, 2.05) is 7.05 Å². The SMILES string of the molecule is CNCC1CC2(C1)CC2(F)F. The minimum Gasteiger partial charge on any atom is -0.319 e. The van der Waals surface area contributed by atoms with Gasteiger partial charge in [-0.05, 0) is 32.4 Å². The summed E-state index contributed by atoms with van der Waals surface area (Å²) in [5.41, 5.74) is -0.533. The Labute approximate surface area is 65.2 Å². The minimum atomic E-state index is -2.31. The van der Waals surface area contributed by atoms with Gasteiger partial charge in [0, 0.05) is 11.8 Å². The van der Waals surface area contributed by atoms with Gasteiger partial charge in [-0.15, -0.1) is 0 Å². The molecule has 11 heavy (non-hydrogen) atoms. The Balaban J connectivity index is 1.81. The van der Waals surface area contributed by atoms with Gasteiger partial charge in [-0.1, -0.05) is 0 Å². The molecule has 1 N–H and O–H groups in total. The Kier molecular flexibility index (Phi) is 1.32. The highest BCUT2D eigenvalue weighted by atomic mass is 19.3. The van der Waals surface area contributed by atoms with Crippen LogP contribution in [0.2, 0.25) is 0 Å². The molecule has 2 aliphatic carbocycles. The Morgan fingerprint density at radius 2 is 2.00 bits per heavy atom. The van der Waals surface area contributed by atoms with Crippen LogP contribution in [0.1, 0.15) is 19.3 Å². The van der Waals surface area contributed by atoms with E-state index in [9.17, 15) is 8.78 Å². The minimum absolute atomic E-state index is 0.153. The third-order valence-electron chi connectivity index (χ3n) is 3.06. The van der Waals surface area contributed by atoms with Crippen LogP contribution in [0.5, 0.6) is 0 Å². The van der Waals surface area contributed by atoms with Gasteiger partial charge in [0.15, 0.2) is 0 Å². The van der Waals surface area contributed by atoms with Gasteiger partial charge >= 0.3 is 0 Å². The fourth-order valence-electron chi connectivity index (χ4n) is 2.30. The maximum atomic E-state index is 12.6. The van der Waals surface area contributed by atoms with E-state index in [0.717, 1.165) is 19.4 Å². The van der Waals surface area contributed by atoms with E-state index < -0.39 is 11.3 Å². The molecule has 3 heteroatoms. The molecule has 0 bridgehead atoms. The fourth-order valence-corrected chi connectivity index (χ4v) is 2.30. The average Bonchev–Trinajstić information content (AvgIpc) is 2.34. The zero-order chi connectivity index (χ0) is 8.11. The molecule has 1 spiro atoms. The van der Waals surface area contributed by atoms with Gasteiger partial charge in [-0.25, -0.2) is 8.78 Å². The maximum Gasteiger partial charge on any atom is 0.254 e. The van der Waals surface area contributed by atoms with Crippen molar-refractivity contribution in [3.63, 3.8) is 0 Å². The van der Waals surface area contributed by atoms with Crippen LogP contribution in [0.3, 0.4) is 0 Å². The van der Waals surface area contributed by atoms with E-state index in [0.29, 0.717) is 5.92 Å². The van der Waals surface area contributed by atoms with Crippen LogP contribution in [0, 0.1) is 11.3 Å². The molecule has 64 valence electrons. The quantitative estimate of drug-likeness (QED) is 0.649. The van der Waals surface area contributed by atoms with Crippen molar-refractivity contribution in [2.45, 2.75) is 25.2 Å². The zero-order valence-electron chi connectivity index (χ0n) is 6.66. The first-order chi connectivity index (χ1) is 5.10. The summed E-state index contributed by atoms with van der Waals surface area (Å²) in [7, 11) is 1.87. The summed E-state index contributed by atoms with van der Waals surface area (Å²) in [6.07, 6.45) is 1.63. The standard InChI is InChI=1S/C8H13F2N/c1-11-4-6-2-7(3-6)5-8(7,9)10/h6,11H,2-5H2,1H3. The van der Waals surface area contributed by atoms with Gasteiger partial charge in [0.2, 0.25) is 0 Å². The molecule has 2 aliphatic rings. The van der Waals surface area contributed by atoms with Crippen LogP contribution >= 0.6 is 0 Å². The predicted octanol–water partition coefficient (Wildman–Crippen LogP) is 1.64. The summed E-state index contributed by atoms with van der Waals surface area (Å²) in [4.78, 5) is 0. The molecule has 0 atom stereocenters. The van der Waals surface area contributed by atoms with Crippen LogP contribution in [-0.4, -0.2) is 19.5 Å². The number of hydrogen-bond donors (Lipinski definition) is 1. The zero-order valence-corrected chi connectivity index (χ0v) is 6.66. The summed E-state index contributed by atoms with van der Waals surface area (Å²) in [5.74, 6) is -1.80. The molecule has 1 nitrogen and oxygen atoms in total. The van der Waals surface area contributed by atoms with E-state index in [-0.39, 0.29) is 6.42 Å². The molecule has 0 aromatic carbocycles. The number of hydrogen-bond acceptors (Lipinski definition) is 1. The van der Waals surface area contributed by atoms with Gasteiger partial charge < -0.3 is 5.32 Å². The molecule has 0 aromatic rings. The Morgan fingerprint density at radius 1 is 1.45 bits per heavy atom.